The van der Waals surface area contributed by atoms with E-state index in [9.17, 15) is 0 Å². The van der Waals surface area contributed by atoms with E-state index in [1.165, 1.54) is 44.9 Å². The van der Waals surface area contributed by atoms with Gasteiger partial charge in [0.05, 0.1) is 0 Å². The Morgan fingerprint density at radius 3 is 2.75 bits per heavy atom. The fraction of sp³-hybridized carbons (Fsp3) is 0.833. The summed E-state index contributed by atoms with van der Waals surface area (Å²) in [7, 11) is 0. The molecule has 0 saturated heterocycles. The van der Waals surface area contributed by atoms with Gasteiger partial charge in [0.2, 0.25) is 0 Å². The van der Waals surface area contributed by atoms with Gasteiger partial charge in [0.15, 0.2) is 0 Å². The second-order valence-electron chi connectivity index (χ2n) is 5.13. The van der Waals surface area contributed by atoms with E-state index in [0.717, 1.165) is 17.3 Å². The molecule has 0 aromatic rings. The summed E-state index contributed by atoms with van der Waals surface area (Å²) in [6, 6.07) is 0. The fourth-order valence-electron chi connectivity index (χ4n) is 3.19. The van der Waals surface area contributed by atoms with Crippen molar-refractivity contribution in [3.63, 3.8) is 0 Å². The Balaban J connectivity index is 1.81. The lowest BCUT2D eigenvalue weighted by molar-refractivity contribution is 0.224. The molecule has 2 fully saturated rings. The Labute approximate surface area is 75.0 Å². The van der Waals surface area contributed by atoms with Crippen molar-refractivity contribution in [3.8, 4) is 0 Å². The molecular weight excluding hydrogens is 144 g/mol. The Hall–Kier alpha value is -0.260. The van der Waals surface area contributed by atoms with Crippen molar-refractivity contribution in [3.05, 3.63) is 12.2 Å². The van der Waals surface area contributed by atoms with E-state index in [4.69, 9.17) is 0 Å². The van der Waals surface area contributed by atoms with Crippen molar-refractivity contribution in [2.45, 2.75) is 44.9 Å². The summed E-state index contributed by atoms with van der Waals surface area (Å²) in [5, 5.41) is 0. The molecule has 66 valence electrons. The van der Waals surface area contributed by atoms with Crippen molar-refractivity contribution in [1.29, 1.82) is 0 Å². The van der Waals surface area contributed by atoms with Gasteiger partial charge < -0.3 is 0 Å². The molecule has 0 N–H and O–H groups in total. The van der Waals surface area contributed by atoms with Crippen LogP contribution in [0.2, 0.25) is 0 Å². The fourth-order valence-corrected chi connectivity index (χ4v) is 3.19. The molecule has 3 aliphatic carbocycles. The predicted octanol–water partition coefficient (Wildman–Crippen LogP) is 3.53. The highest BCUT2D eigenvalue weighted by molar-refractivity contribution is 5.16. The van der Waals surface area contributed by atoms with Crippen LogP contribution in [0.4, 0.5) is 0 Å². The molecular formula is C12H18. The number of allylic oxidation sites excluding steroid dienone is 2. The first kappa shape index (κ1) is 7.17. The maximum atomic E-state index is 2.56. The summed E-state index contributed by atoms with van der Waals surface area (Å²) >= 11 is 0. The Bertz CT molecular complexity index is 210. The molecule has 0 aliphatic heterocycles. The highest BCUT2D eigenvalue weighted by Gasteiger charge is 2.45. The van der Waals surface area contributed by atoms with E-state index in [1.807, 2.05) is 0 Å². The van der Waals surface area contributed by atoms with Crippen LogP contribution in [-0.2, 0) is 0 Å². The van der Waals surface area contributed by atoms with Crippen LogP contribution in [-0.4, -0.2) is 0 Å². The molecule has 0 bridgehead atoms. The predicted molar refractivity (Wildman–Crippen MR) is 50.9 cm³/mol. The molecule has 0 amide bonds. The van der Waals surface area contributed by atoms with Gasteiger partial charge in [-0.15, -0.1) is 0 Å². The van der Waals surface area contributed by atoms with E-state index < -0.39 is 0 Å². The number of hydrogen-bond donors (Lipinski definition) is 0. The number of hydrogen-bond acceptors (Lipinski definition) is 0. The smallest absolute Gasteiger partial charge is 0.0115 e. The maximum Gasteiger partial charge on any atom is -0.0115 e. The zero-order chi connectivity index (χ0) is 8.02. The third-order valence-corrected chi connectivity index (χ3v) is 4.23. The molecule has 3 rings (SSSR count). The minimum absolute atomic E-state index is 0.735. The largest absolute Gasteiger partial charge is 0.0846 e. The van der Waals surface area contributed by atoms with Gasteiger partial charge in [0, 0.05) is 0 Å². The van der Waals surface area contributed by atoms with Crippen LogP contribution in [0, 0.1) is 17.3 Å². The Morgan fingerprint density at radius 2 is 1.92 bits per heavy atom. The van der Waals surface area contributed by atoms with Crippen molar-refractivity contribution < 1.29 is 0 Å². The average Bonchev–Trinajstić information content (AvgIpc) is 2.85. The molecule has 12 heavy (non-hydrogen) atoms. The van der Waals surface area contributed by atoms with E-state index in [1.54, 1.807) is 0 Å². The van der Waals surface area contributed by atoms with E-state index in [0.29, 0.717) is 0 Å². The van der Waals surface area contributed by atoms with Gasteiger partial charge >= 0.3 is 0 Å². The van der Waals surface area contributed by atoms with Gasteiger partial charge in [-0.2, -0.15) is 0 Å². The summed E-state index contributed by atoms with van der Waals surface area (Å²) < 4.78 is 0. The molecule has 0 nitrogen and oxygen atoms in total. The number of rotatable bonds is 0. The molecule has 1 spiro atoms. The van der Waals surface area contributed by atoms with Gasteiger partial charge in [-0.1, -0.05) is 25.0 Å². The molecule has 3 aliphatic rings. The van der Waals surface area contributed by atoms with E-state index in [2.05, 4.69) is 12.2 Å². The lowest BCUT2D eigenvalue weighted by Gasteiger charge is -2.35. The second-order valence-corrected chi connectivity index (χ2v) is 5.13. The van der Waals surface area contributed by atoms with Crippen LogP contribution in [0.5, 0.6) is 0 Å². The summed E-state index contributed by atoms with van der Waals surface area (Å²) in [5.41, 5.74) is 0.735. The van der Waals surface area contributed by atoms with E-state index in [-0.39, 0.29) is 0 Å². The molecule has 0 radical (unpaired) electrons. The monoisotopic (exact) mass is 162 g/mol. The molecule has 0 aromatic carbocycles. The van der Waals surface area contributed by atoms with Crippen LogP contribution in [0.25, 0.3) is 0 Å². The lowest BCUT2D eigenvalue weighted by atomic mass is 9.70. The third kappa shape index (κ3) is 1.04. The quantitative estimate of drug-likeness (QED) is 0.478. The minimum atomic E-state index is 0.735. The van der Waals surface area contributed by atoms with Gasteiger partial charge in [-0.05, 0) is 49.4 Å². The van der Waals surface area contributed by atoms with Crippen molar-refractivity contribution >= 4 is 0 Å². The zero-order valence-electron chi connectivity index (χ0n) is 7.76. The summed E-state index contributed by atoms with van der Waals surface area (Å²) in [6.07, 6.45) is 15.6. The highest BCUT2D eigenvalue weighted by Crippen LogP contribution is 2.57. The topological polar surface area (TPSA) is 0 Å². The van der Waals surface area contributed by atoms with Gasteiger partial charge in [0.1, 0.15) is 0 Å². The van der Waals surface area contributed by atoms with Crippen LogP contribution < -0.4 is 0 Å². The highest BCUT2D eigenvalue weighted by atomic mass is 14.5. The number of fused-ring (bicyclic) bond motifs is 1. The first-order chi connectivity index (χ1) is 5.88. The first-order valence-electron chi connectivity index (χ1n) is 5.57. The van der Waals surface area contributed by atoms with Crippen LogP contribution in [0.1, 0.15) is 44.9 Å². The first-order valence-corrected chi connectivity index (χ1v) is 5.57. The molecule has 0 heteroatoms. The van der Waals surface area contributed by atoms with Crippen LogP contribution in [0.15, 0.2) is 12.2 Å². The summed E-state index contributed by atoms with van der Waals surface area (Å²) in [5.74, 6) is 2.05. The normalized spacial score (nSPS) is 42.7. The Morgan fingerprint density at radius 1 is 1.08 bits per heavy atom. The third-order valence-electron chi connectivity index (χ3n) is 4.23. The van der Waals surface area contributed by atoms with Crippen molar-refractivity contribution in [2.75, 3.05) is 0 Å². The standard InChI is InChI=1S/C12H18/c1-2-4-11-9-12(7-8-12)6-5-10(11)3-1/h5-6,10-11H,1-4,7-9H2/t10-,11+/m1/s1. The van der Waals surface area contributed by atoms with Gasteiger partial charge in [-0.25, -0.2) is 0 Å². The van der Waals surface area contributed by atoms with E-state index >= 15 is 0 Å². The zero-order valence-corrected chi connectivity index (χ0v) is 7.76. The molecule has 0 unspecified atom stereocenters. The Kier molecular flexibility index (Phi) is 1.42. The summed E-state index contributed by atoms with van der Waals surface area (Å²) in [4.78, 5) is 0. The van der Waals surface area contributed by atoms with Crippen LogP contribution >= 0.6 is 0 Å². The van der Waals surface area contributed by atoms with Crippen molar-refractivity contribution in [1.82, 2.24) is 0 Å². The molecule has 0 aromatic heterocycles. The molecule has 2 atom stereocenters. The van der Waals surface area contributed by atoms with Gasteiger partial charge in [0.25, 0.3) is 0 Å². The van der Waals surface area contributed by atoms with Gasteiger partial charge in [-0.3, -0.25) is 0 Å². The molecule has 0 heterocycles. The lowest BCUT2D eigenvalue weighted by Crippen LogP contribution is -2.24. The molecule has 2 saturated carbocycles. The summed E-state index contributed by atoms with van der Waals surface area (Å²) in [6.45, 7) is 0. The minimum Gasteiger partial charge on any atom is -0.0846 e. The SMILES string of the molecule is C1=CC2(CC2)C[C@@H]2CCCC[C@H]12. The van der Waals surface area contributed by atoms with Crippen molar-refractivity contribution in [2.24, 2.45) is 17.3 Å². The van der Waals surface area contributed by atoms with Crippen LogP contribution in [0.3, 0.4) is 0 Å². The maximum absolute atomic E-state index is 2.56. The second kappa shape index (κ2) is 2.37. The average molecular weight is 162 g/mol.